The van der Waals surface area contributed by atoms with E-state index in [1.54, 1.807) is 13.8 Å². The highest BCUT2D eigenvalue weighted by molar-refractivity contribution is 5.48. The lowest BCUT2D eigenvalue weighted by Crippen LogP contribution is -2.25. The molecule has 0 N–H and O–H groups in total. The van der Waals surface area contributed by atoms with E-state index in [-0.39, 0.29) is 18.9 Å². The third-order valence-electron chi connectivity index (χ3n) is 1.36. The molecule has 0 radical (unpaired) electrons. The molecule has 12 heavy (non-hydrogen) atoms. The van der Waals surface area contributed by atoms with Crippen molar-refractivity contribution in [3.63, 3.8) is 0 Å². The average molecular weight is 170 g/mol. The molecule has 0 atom stereocenters. The second kappa shape index (κ2) is 5.70. The van der Waals surface area contributed by atoms with Crippen molar-refractivity contribution in [2.75, 3.05) is 0 Å². The van der Waals surface area contributed by atoms with Crippen LogP contribution in [0.4, 0.5) is 0 Å². The number of rotatable bonds is 0. The molecular formula is C10H18O2-2. The summed E-state index contributed by atoms with van der Waals surface area (Å²) in [5, 5.41) is 21.0. The maximum absolute atomic E-state index is 10.5. The summed E-state index contributed by atoms with van der Waals surface area (Å²) in [6.07, 6.45) is 1.25. The topological polar surface area (TPSA) is 46.1 Å². The molecule has 0 bridgehead atoms. The van der Waals surface area contributed by atoms with Gasteiger partial charge in [0.15, 0.2) is 0 Å². The Morgan fingerprint density at radius 1 is 0.917 bits per heavy atom. The molecule has 0 aromatic heterocycles. The van der Waals surface area contributed by atoms with Gasteiger partial charge in [-0.3, -0.25) is 0 Å². The first-order valence-corrected chi connectivity index (χ1v) is 3.82. The van der Waals surface area contributed by atoms with Crippen LogP contribution in [0, 0.1) is 0 Å². The summed E-state index contributed by atoms with van der Waals surface area (Å²) in [7, 11) is 0. The first kappa shape index (κ1) is 13.7. The Hall–Kier alpha value is -0.920. The van der Waals surface area contributed by atoms with Crippen molar-refractivity contribution in [1.82, 2.24) is 0 Å². The van der Waals surface area contributed by atoms with Crippen molar-refractivity contribution >= 4 is 0 Å². The normalized spacial score (nSPS) is 14.3. The molecular weight excluding hydrogens is 152 g/mol. The monoisotopic (exact) mass is 170 g/mol. The van der Waals surface area contributed by atoms with Crippen LogP contribution in [0.1, 0.15) is 41.5 Å². The molecule has 1 aliphatic rings. The summed E-state index contributed by atoms with van der Waals surface area (Å²) in [6, 6.07) is 0. The Balaban J connectivity index is 0. The van der Waals surface area contributed by atoms with Crippen LogP contribution in [0.5, 0.6) is 0 Å². The van der Waals surface area contributed by atoms with Gasteiger partial charge in [0.05, 0.1) is 0 Å². The van der Waals surface area contributed by atoms with Gasteiger partial charge in [0.2, 0.25) is 0 Å². The van der Waals surface area contributed by atoms with E-state index < -0.39 is 0 Å². The highest BCUT2D eigenvalue weighted by Crippen LogP contribution is 2.25. The molecule has 72 valence electrons. The minimum absolute atomic E-state index is 0. The van der Waals surface area contributed by atoms with Crippen LogP contribution in [0.15, 0.2) is 22.7 Å². The van der Waals surface area contributed by atoms with Crippen LogP contribution in [0.25, 0.3) is 0 Å². The zero-order chi connectivity index (χ0) is 9.02. The van der Waals surface area contributed by atoms with Crippen LogP contribution in [0.2, 0.25) is 0 Å². The fourth-order valence-corrected chi connectivity index (χ4v) is 0.706. The molecule has 0 amide bonds. The smallest absolute Gasteiger partial charge is 0.0410 e. The molecule has 2 nitrogen and oxygen atoms in total. The van der Waals surface area contributed by atoms with Gasteiger partial charge < -0.3 is 10.2 Å². The maximum Gasteiger partial charge on any atom is -0.0410 e. The van der Waals surface area contributed by atoms with Gasteiger partial charge in [-0.2, -0.15) is 0 Å². The predicted octanol–water partition coefficient (Wildman–Crippen LogP) is 1.32. The number of allylic oxidation sites excluding steroid dienone is 2. The number of hydrogen-bond acceptors (Lipinski definition) is 2. The molecule has 0 aromatic carbocycles. The molecule has 1 rings (SSSR count). The van der Waals surface area contributed by atoms with Crippen molar-refractivity contribution < 1.29 is 10.2 Å². The van der Waals surface area contributed by atoms with Crippen molar-refractivity contribution in [1.29, 1.82) is 0 Å². The van der Waals surface area contributed by atoms with Gasteiger partial charge in [0.1, 0.15) is 0 Å². The lowest BCUT2D eigenvalue weighted by molar-refractivity contribution is -0.331. The second-order valence-corrected chi connectivity index (χ2v) is 2.62. The van der Waals surface area contributed by atoms with Gasteiger partial charge in [-0.1, -0.05) is 38.8 Å². The van der Waals surface area contributed by atoms with E-state index in [0.29, 0.717) is 11.1 Å². The molecule has 0 aliphatic heterocycles. The molecule has 1 aliphatic carbocycles. The lowest BCUT2D eigenvalue weighted by atomic mass is 9.97. The van der Waals surface area contributed by atoms with Gasteiger partial charge >= 0.3 is 0 Å². The molecule has 0 fully saturated rings. The minimum atomic E-state index is -0.0741. The molecule has 0 aromatic rings. The third-order valence-corrected chi connectivity index (χ3v) is 1.36. The minimum Gasteiger partial charge on any atom is -0.872 e. The summed E-state index contributed by atoms with van der Waals surface area (Å²) in [4.78, 5) is 0. The van der Waals surface area contributed by atoms with Crippen LogP contribution < -0.4 is 10.2 Å². The van der Waals surface area contributed by atoms with Crippen LogP contribution in [0.3, 0.4) is 0 Å². The zero-order valence-corrected chi connectivity index (χ0v) is 7.52. The Bertz CT molecular complexity index is 147. The molecule has 0 unspecified atom stereocenters. The van der Waals surface area contributed by atoms with Crippen molar-refractivity contribution in [3.05, 3.63) is 22.7 Å². The zero-order valence-electron chi connectivity index (χ0n) is 7.52. The quantitative estimate of drug-likeness (QED) is 0.550. The van der Waals surface area contributed by atoms with Gasteiger partial charge in [-0.15, -0.1) is 11.5 Å². The van der Waals surface area contributed by atoms with Gasteiger partial charge in [-0.25, -0.2) is 0 Å². The fourth-order valence-electron chi connectivity index (χ4n) is 0.706. The first-order valence-electron chi connectivity index (χ1n) is 3.82. The molecule has 0 saturated carbocycles. The van der Waals surface area contributed by atoms with E-state index in [2.05, 4.69) is 13.8 Å². The van der Waals surface area contributed by atoms with E-state index in [1.807, 2.05) is 0 Å². The van der Waals surface area contributed by atoms with Crippen LogP contribution in [-0.2, 0) is 0 Å². The van der Waals surface area contributed by atoms with Crippen LogP contribution in [-0.4, -0.2) is 0 Å². The molecule has 0 saturated heterocycles. The van der Waals surface area contributed by atoms with E-state index in [4.69, 9.17) is 0 Å². The standard InChI is InChI=1S/C6H8O2.C3H8.CH4/c1-3-5(7)4(2)6(3)8;1-3-2;/h7-8H,1-2H3;3H2,1-2H3;1H4/p-2. The summed E-state index contributed by atoms with van der Waals surface area (Å²) >= 11 is 0. The highest BCUT2D eigenvalue weighted by Gasteiger charge is 2.04. The lowest BCUT2D eigenvalue weighted by Gasteiger charge is -2.35. The highest BCUT2D eigenvalue weighted by atomic mass is 16.3. The van der Waals surface area contributed by atoms with E-state index in [0.717, 1.165) is 0 Å². The Kier molecular flexibility index (Phi) is 6.48. The molecule has 2 heteroatoms. The second-order valence-electron chi connectivity index (χ2n) is 2.62. The van der Waals surface area contributed by atoms with Crippen molar-refractivity contribution in [2.24, 2.45) is 0 Å². The van der Waals surface area contributed by atoms with Gasteiger partial charge in [0.25, 0.3) is 0 Å². The van der Waals surface area contributed by atoms with E-state index in [1.165, 1.54) is 6.42 Å². The summed E-state index contributed by atoms with van der Waals surface area (Å²) in [5.74, 6) is -0.148. The van der Waals surface area contributed by atoms with E-state index in [9.17, 15) is 10.2 Å². The molecule has 0 spiro atoms. The van der Waals surface area contributed by atoms with Crippen molar-refractivity contribution in [3.8, 4) is 0 Å². The first-order chi connectivity index (χ1) is 5.06. The largest absolute Gasteiger partial charge is 0.872 e. The van der Waals surface area contributed by atoms with Gasteiger partial charge in [0, 0.05) is 0 Å². The SMILES string of the molecule is C.CC1=C([O-])C(C)=C1[O-].CCC. The fraction of sp³-hybridized carbons (Fsp3) is 0.600. The Morgan fingerprint density at radius 2 is 1.08 bits per heavy atom. The summed E-state index contributed by atoms with van der Waals surface area (Å²) in [5.41, 5.74) is 0.755. The Morgan fingerprint density at radius 3 is 1.17 bits per heavy atom. The third kappa shape index (κ3) is 2.61. The average Bonchev–Trinajstić information content (AvgIpc) is 2.02. The van der Waals surface area contributed by atoms with E-state index >= 15 is 0 Å². The number of hydrogen-bond donors (Lipinski definition) is 0. The Labute approximate surface area is 75.2 Å². The van der Waals surface area contributed by atoms with Gasteiger partial charge in [-0.05, 0) is 13.8 Å². The summed E-state index contributed by atoms with van der Waals surface area (Å²) in [6.45, 7) is 7.36. The maximum atomic E-state index is 10.5. The summed E-state index contributed by atoms with van der Waals surface area (Å²) < 4.78 is 0. The molecule has 0 heterocycles. The van der Waals surface area contributed by atoms with Crippen molar-refractivity contribution in [2.45, 2.75) is 41.5 Å². The van der Waals surface area contributed by atoms with Crippen LogP contribution >= 0.6 is 0 Å². The predicted molar refractivity (Wildman–Crippen MR) is 48.1 cm³/mol.